The normalized spacial score (nSPS) is 23.2. The third kappa shape index (κ3) is 3.78. The number of carbonyl (C=O) groups excluding carboxylic acids is 2. The Kier molecular flexibility index (Phi) is 4.99. The molecular formula is C17H20F3N3O2. The van der Waals surface area contributed by atoms with E-state index in [9.17, 15) is 22.8 Å². The van der Waals surface area contributed by atoms with Crippen LogP contribution in [0.25, 0.3) is 0 Å². The molecule has 2 bridgehead atoms. The van der Waals surface area contributed by atoms with Crippen LogP contribution in [-0.2, 0) is 11.0 Å². The predicted molar refractivity (Wildman–Crippen MR) is 84.9 cm³/mol. The molecule has 2 heterocycles. The molecule has 2 fully saturated rings. The Morgan fingerprint density at radius 2 is 1.88 bits per heavy atom. The Balaban J connectivity index is 1.66. The molecule has 0 spiro atoms. The molecule has 0 aromatic heterocycles. The maximum Gasteiger partial charge on any atom is 0.417 e. The van der Waals surface area contributed by atoms with Crippen LogP contribution in [0.4, 0.5) is 13.2 Å². The molecule has 0 radical (unpaired) electrons. The third-order valence-corrected chi connectivity index (χ3v) is 4.82. The van der Waals surface area contributed by atoms with Gasteiger partial charge in [-0.2, -0.15) is 13.2 Å². The molecule has 5 nitrogen and oxygen atoms in total. The van der Waals surface area contributed by atoms with Crippen molar-refractivity contribution in [2.45, 2.75) is 37.5 Å². The Labute approximate surface area is 143 Å². The van der Waals surface area contributed by atoms with Gasteiger partial charge in [0, 0.05) is 18.6 Å². The van der Waals surface area contributed by atoms with Gasteiger partial charge in [-0.05, 0) is 37.9 Å². The molecule has 0 aliphatic carbocycles. The summed E-state index contributed by atoms with van der Waals surface area (Å²) in [5.74, 6) is -1.13. The minimum absolute atomic E-state index is 0.0966. The standard InChI is InChI=1S/C17H20F3N3O2/c18-17(19,20)14-4-2-1-3-13(14)16(25)22-10-15(24)23-11-5-6-12(23)9-21-8-7-11/h1-4,11-12,21H,5-10H2,(H,22,25). The van der Waals surface area contributed by atoms with Crippen molar-refractivity contribution in [2.75, 3.05) is 19.6 Å². The van der Waals surface area contributed by atoms with Gasteiger partial charge in [0.1, 0.15) is 0 Å². The molecule has 0 saturated carbocycles. The lowest BCUT2D eigenvalue weighted by atomic mass is 10.1. The number of alkyl halides is 3. The Morgan fingerprint density at radius 3 is 2.64 bits per heavy atom. The Bertz CT molecular complexity index is 649. The third-order valence-electron chi connectivity index (χ3n) is 4.82. The van der Waals surface area contributed by atoms with E-state index in [2.05, 4.69) is 10.6 Å². The van der Waals surface area contributed by atoms with Crippen LogP contribution in [0.3, 0.4) is 0 Å². The smallest absolute Gasteiger partial charge is 0.343 e. The largest absolute Gasteiger partial charge is 0.417 e. The second kappa shape index (κ2) is 7.03. The van der Waals surface area contributed by atoms with Crippen LogP contribution in [0.15, 0.2) is 24.3 Å². The number of benzene rings is 1. The quantitative estimate of drug-likeness (QED) is 0.869. The van der Waals surface area contributed by atoms with Crippen LogP contribution >= 0.6 is 0 Å². The highest BCUT2D eigenvalue weighted by Gasteiger charge is 2.38. The molecule has 25 heavy (non-hydrogen) atoms. The van der Waals surface area contributed by atoms with Crippen molar-refractivity contribution in [3.05, 3.63) is 35.4 Å². The Morgan fingerprint density at radius 1 is 1.16 bits per heavy atom. The second-order valence-corrected chi connectivity index (χ2v) is 6.40. The number of rotatable bonds is 3. The van der Waals surface area contributed by atoms with Crippen molar-refractivity contribution < 1.29 is 22.8 Å². The molecule has 2 aliphatic heterocycles. The average molecular weight is 355 g/mol. The number of fused-ring (bicyclic) bond motifs is 2. The molecule has 2 unspecified atom stereocenters. The first-order chi connectivity index (χ1) is 11.9. The fourth-order valence-electron chi connectivity index (χ4n) is 3.66. The number of nitrogens with one attached hydrogen (secondary N) is 2. The zero-order chi connectivity index (χ0) is 18.0. The summed E-state index contributed by atoms with van der Waals surface area (Å²) >= 11 is 0. The first-order valence-electron chi connectivity index (χ1n) is 8.34. The number of halogens is 3. The van der Waals surface area contributed by atoms with Crippen molar-refractivity contribution in [3.63, 3.8) is 0 Å². The van der Waals surface area contributed by atoms with Gasteiger partial charge < -0.3 is 15.5 Å². The van der Waals surface area contributed by atoms with Gasteiger partial charge in [-0.25, -0.2) is 0 Å². The zero-order valence-electron chi connectivity index (χ0n) is 13.6. The van der Waals surface area contributed by atoms with Crippen LogP contribution in [0.1, 0.15) is 35.2 Å². The minimum Gasteiger partial charge on any atom is -0.343 e. The molecule has 8 heteroatoms. The summed E-state index contributed by atoms with van der Waals surface area (Å²) in [6.45, 7) is 1.27. The first kappa shape index (κ1) is 17.7. The van der Waals surface area contributed by atoms with Crippen LogP contribution in [0.2, 0.25) is 0 Å². The van der Waals surface area contributed by atoms with E-state index in [1.165, 1.54) is 12.1 Å². The van der Waals surface area contributed by atoms with E-state index in [1.807, 2.05) is 0 Å². The first-order valence-corrected chi connectivity index (χ1v) is 8.34. The molecule has 2 N–H and O–H groups in total. The molecule has 1 aromatic carbocycles. The van der Waals surface area contributed by atoms with Crippen LogP contribution < -0.4 is 10.6 Å². The van der Waals surface area contributed by atoms with E-state index in [-0.39, 0.29) is 24.5 Å². The second-order valence-electron chi connectivity index (χ2n) is 6.40. The summed E-state index contributed by atoms with van der Waals surface area (Å²) in [6.07, 6.45) is -1.92. The number of amides is 2. The topological polar surface area (TPSA) is 61.4 Å². The van der Waals surface area contributed by atoms with Gasteiger partial charge in [0.2, 0.25) is 5.91 Å². The van der Waals surface area contributed by atoms with E-state index in [0.717, 1.165) is 37.9 Å². The van der Waals surface area contributed by atoms with E-state index in [4.69, 9.17) is 0 Å². The van der Waals surface area contributed by atoms with E-state index in [1.54, 1.807) is 4.90 Å². The summed E-state index contributed by atoms with van der Waals surface area (Å²) < 4.78 is 39.0. The lowest BCUT2D eigenvalue weighted by Crippen LogP contribution is -2.47. The predicted octanol–water partition coefficient (Wildman–Crippen LogP) is 1.79. The minimum atomic E-state index is -4.62. The van der Waals surface area contributed by atoms with E-state index < -0.39 is 23.2 Å². The number of nitrogens with zero attached hydrogens (tertiary/aromatic N) is 1. The van der Waals surface area contributed by atoms with Gasteiger partial charge in [0.05, 0.1) is 17.7 Å². The number of carbonyl (C=O) groups is 2. The fourth-order valence-corrected chi connectivity index (χ4v) is 3.66. The Hall–Kier alpha value is -2.09. The molecule has 1 aromatic rings. The van der Waals surface area contributed by atoms with Gasteiger partial charge in [-0.3, -0.25) is 9.59 Å². The lowest BCUT2D eigenvalue weighted by Gasteiger charge is -2.28. The van der Waals surface area contributed by atoms with Gasteiger partial charge in [-0.1, -0.05) is 12.1 Å². The van der Waals surface area contributed by atoms with Gasteiger partial charge in [0.25, 0.3) is 5.91 Å². The van der Waals surface area contributed by atoms with Gasteiger partial charge in [0.15, 0.2) is 0 Å². The van der Waals surface area contributed by atoms with Crippen molar-refractivity contribution >= 4 is 11.8 Å². The summed E-state index contributed by atoms with van der Waals surface area (Å²) in [6, 6.07) is 4.81. The summed E-state index contributed by atoms with van der Waals surface area (Å²) in [5, 5.41) is 5.62. The molecule has 136 valence electrons. The fraction of sp³-hybridized carbons (Fsp3) is 0.529. The van der Waals surface area contributed by atoms with Crippen molar-refractivity contribution in [1.29, 1.82) is 0 Å². The molecule has 2 saturated heterocycles. The molecule has 2 amide bonds. The maximum atomic E-state index is 13.0. The number of hydrogen-bond acceptors (Lipinski definition) is 3. The molecule has 2 aliphatic rings. The van der Waals surface area contributed by atoms with E-state index >= 15 is 0 Å². The maximum absolute atomic E-state index is 13.0. The zero-order valence-corrected chi connectivity index (χ0v) is 13.6. The SMILES string of the molecule is O=C(NCC(=O)N1C2CCNCC1CC2)c1ccccc1C(F)(F)F. The van der Waals surface area contributed by atoms with Crippen molar-refractivity contribution in [3.8, 4) is 0 Å². The van der Waals surface area contributed by atoms with E-state index in [0.29, 0.717) is 6.54 Å². The molecule has 2 atom stereocenters. The van der Waals surface area contributed by atoms with Crippen LogP contribution in [0.5, 0.6) is 0 Å². The van der Waals surface area contributed by atoms with Crippen LogP contribution in [0, 0.1) is 0 Å². The highest BCUT2D eigenvalue weighted by molar-refractivity contribution is 5.98. The summed E-state index contributed by atoms with van der Waals surface area (Å²) in [4.78, 5) is 26.4. The molecular weight excluding hydrogens is 335 g/mol. The van der Waals surface area contributed by atoms with Gasteiger partial charge in [-0.15, -0.1) is 0 Å². The molecule has 3 rings (SSSR count). The highest BCUT2D eigenvalue weighted by atomic mass is 19.4. The average Bonchev–Trinajstić information content (AvgIpc) is 2.84. The van der Waals surface area contributed by atoms with Crippen LogP contribution in [-0.4, -0.2) is 48.4 Å². The summed E-state index contributed by atoms with van der Waals surface area (Å²) in [5.41, 5.74) is -1.47. The summed E-state index contributed by atoms with van der Waals surface area (Å²) in [7, 11) is 0. The van der Waals surface area contributed by atoms with Crippen molar-refractivity contribution in [2.24, 2.45) is 0 Å². The number of hydrogen-bond donors (Lipinski definition) is 2. The lowest BCUT2D eigenvalue weighted by molar-refractivity contribution is -0.137. The highest BCUT2D eigenvalue weighted by Crippen LogP contribution is 2.32. The monoisotopic (exact) mass is 355 g/mol. The van der Waals surface area contributed by atoms with Crippen molar-refractivity contribution in [1.82, 2.24) is 15.5 Å². The van der Waals surface area contributed by atoms with Gasteiger partial charge >= 0.3 is 6.18 Å².